The molecule has 4 aliphatic rings. The lowest BCUT2D eigenvalue weighted by atomic mass is 9.32. The van der Waals surface area contributed by atoms with Crippen molar-refractivity contribution in [2.45, 2.75) is 91.0 Å². The third-order valence-electron chi connectivity index (χ3n) is 10.9. The molecule has 0 radical (unpaired) electrons. The molecule has 6 heteroatoms. The molecular formula is C26H37FO5. The van der Waals surface area contributed by atoms with Gasteiger partial charge in [-0.05, 0) is 44.6 Å². The van der Waals surface area contributed by atoms with Gasteiger partial charge in [0.2, 0.25) is 0 Å². The molecule has 7 atom stereocenters. The smallest absolute Gasteiger partial charge is 0.190 e. The molecular weight excluding hydrogens is 411 g/mol. The van der Waals surface area contributed by atoms with Gasteiger partial charge in [0, 0.05) is 28.1 Å². The van der Waals surface area contributed by atoms with Crippen LogP contribution in [0.15, 0.2) is 23.8 Å². The van der Waals surface area contributed by atoms with E-state index in [9.17, 15) is 24.9 Å². The number of carbonyl (C=O) groups is 2. The van der Waals surface area contributed by atoms with Crippen molar-refractivity contribution in [1.29, 1.82) is 0 Å². The zero-order valence-corrected chi connectivity index (χ0v) is 20.3. The fourth-order valence-corrected chi connectivity index (χ4v) is 9.31. The minimum Gasteiger partial charge on any atom is -0.388 e. The highest BCUT2D eigenvalue weighted by molar-refractivity contribution is 5.94. The number of rotatable bonds is 2. The van der Waals surface area contributed by atoms with Crippen molar-refractivity contribution < 1.29 is 29.3 Å². The van der Waals surface area contributed by atoms with E-state index in [0.29, 0.717) is 12.0 Å². The number of fused-ring (bicyclic) bond motifs is 5. The van der Waals surface area contributed by atoms with E-state index in [2.05, 4.69) is 0 Å². The van der Waals surface area contributed by atoms with E-state index < -0.39 is 56.3 Å². The van der Waals surface area contributed by atoms with Crippen LogP contribution in [-0.2, 0) is 9.59 Å². The highest BCUT2D eigenvalue weighted by Gasteiger charge is 2.87. The molecule has 0 aromatic rings. The quantitative estimate of drug-likeness (QED) is 0.563. The molecule has 4 aliphatic carbocycles. The number of ketones is 2. The zero-order chi connectivity index (χ0) is 24.4. The van der Waals surface area contributed by atoms with Crippen LogP contribution in [0.2, 0.25) is 0 Å². The molecule has 3 N–H and O–H groups in total. The van der Waals surface area contributed by atoms with Gasteiger partial charge in [-0.2, -0.15) is 0 Å². The van der Waals surface area contributed by atoms with Gasteiger partial charge >= 0.3 is 0 Å². The maximum Gasteiger partial charge on any atom is 0.190 e. The van der Waals surface area contributed by atoms with Crippen molar-refractivity contribution in [3.63, 3.8) is 0 Å². The van der Waals surface area contributed by atoms with Gasteiger partial charge in [-0.15, -0.1) is 0 Å². The molecule has 0 aliphatic heterocycles. The van der Waals surface area contributed by atoms with Gasteiger partial charge in [-0.1, -0.05) is 52.3 Å². The monoisotopic (exact) mass is 448 g/mol. The highest BCUT2D eigenvalue weighted by atomic mass is 19.1. The largest absolute Gasteiger partial charge is 0.388 e. The number of carbonyl (C=O) groups excluding carboxylic acids is 2. The van der Waals surface area contributed by atoms with E-state index in [1.807, 2.05) is 19.9 Å². The Morgan fingerprint density at radius 1 is 1.00 bits per heavy atom. The molecule has 2 saturated carbocycles. The lowest BCUT2D eigenvalue weighted by Gasteiger charge is -2.73. The maximum atomic E-state index is 18.0. The SMILES string of the molecule is CC1(C)CC2(C)C(C)(CC(C)(O)C3(F)C4(C)C=CC(=O)CC4=CCC23C)C1(O)C(=O)CO. The summed E-state index contributed by atoms with van der Waals surface area (Å²) in [5.41, 5.74) is -10.8. The normalized spacial score (nSPS) is 53.8. The summed E-state index contributed by atoms with van der Waals surface area (Å²) in [6.45, 7) is 11.5. The van der Waals surface area contributed by atoms with Gasteiger partial charge < -0.3 is 15.3 Å². The van der Waals surface area contributed by atoms with Crippen LogP contribution in [0.4, 0.5) is 4.39 Å². The minimum absolute atomic E-state index is 0.0858. The first kappa shape index (κ1) is 23.8. The number of Topliss-reactive ketones (excluding diaryl/α,β-unsaturated/α-hetero) is 1. The van der Waals surface area contributed by atoms with Crippen LogP contribution in [0.25, 0.3) is 0 Å². The van der Waals surface area contributed by atoms with Gasteiger partial charge in [0.1, 0.15) is 12.2 Å². The molecule has 0 bridgehead atoms. The molecule has 7 unspecified atom stereocenters. The van der Waals surface area contributed by atoms with Crippen LogP contribution in [0.3, 0.4) is 0 Å². The lowest BCUT2D eigenvalue weighted by molar-refractivity contribution is -0.315. The van der Waals surface area contributed by atoms with Gasteiger partial charge in [-0.25, -0.2) is 4.39 Å². The Hall–Kier alpha value is -1.37. The number of allylic oxidation sites excluding steroid dienone is 4. The molecule has 0 aromatic heterocycles. The number of aliphatic hydroxyl groups excluding tert-OH is 1. The second-order valence-corrected chi connectivity index (χ2v) is 12.6. The molecule has 32 heavy (non-hydrogen) atoms. The number of alkyl halides is 1. The van der Waals surface area contributed by atoms with Crippen LogP contribution < -0.4 is 0 Å². The second-order valence-electron chi connectivity index (χ2n) is 12.6. The summed E-state index contributed by atoms with van der Waals surface area (Å²) in [5.74, 6) is -0.779. The molecule has 5 nitrogen and oxygen atoms in total. The summed E-state index contributed by atoms with van der Waals surface area (Å²) in [4.78, 5) is 25.2. The van der Waals surface area contributed by atoms with Crippen molar-refractivity contribution in [1.82, 2.24) is 0 Å². The molecule has 0 amide bonds. The van der Waals surface area contributed by atoms with Gasteiger partial charge in [0.25, 0.3) is 0 Å². The second kappa shape index (κ2) is 6.00. The average Bonchev–Trinajstić information content (AvgIpc) is 2.80. The summed E-state index contributed by atoms with van der Waals surface area (Å²) in [5, 5.41) is 33.8. The molecule has 0 aromatic carbocycles. The van der Waals surface area contributed by atoms with Crippen LogP contribution in [-0.4, -0.2) is 50.4 Å². The van der Waals surface area contributed by atoms with E-state index in [-0.39, 0.29) is 25.0 Å². The summed E-state index contributed by atoms with van der Waals surface area (Å²) in [7, 11) is 0. The van der Waals surface area contributed by atoms with Crippen LogP contribution in [0.5, 0.6) is 0 Å². The predicted molar refractivity (Wildman–Crippen MR) is 118 cm³/mol. The highest BCUT2D eigenvalue weighted by Crippen LogP contribution is 2.83. The Kier molecular flexibility index (Phi) is 4.46. The Morgan fingerprint density at radius 3 is 2.16 bits per heavy atom. The van der Waals surface area contributed by atoms with E-state index in [4.69, 9.17) is 0 Å². The third kappa shape index (κ3) is 2.04. The molecule has 0 heterocycles. The van der Waals surface area contributed by atoms with E-state index in [1.54, 1.807) is 33.8 Å². The molecule has 2 fully saturated rings. The van der Waals surface area contributed by atoms with Crippen molar-refractivity contribution in [3.8, 4) is 0 Å². The first-order valence-corrected chi connectivity index (χ1v) is 11.5. The molecule has 4 rings (SSSR count). The van der Waals surface area contributed by atoms with Gasteiger partial charge in [0.05, 0.1) is 5.60 Å². The van der Waals surface area contributed by atoms with Crippen LogP contribution in [0.1, 0.15) is 74.1 Å². The third-order valence-corrected chi connectivity index (χ3v) is 10.9. The standard InChI is InChI=1S/C26H37FO5/c1-19(2)14-22(5)21(4)11-8-16-12-17(29)9-10-20(16,3)26(21,27)24(7,31)15-23(22,6)25(19,32)18(30)13-28/h8-10,28,31-32H,11-15H2,1-7H3. The van der Waals surface area contributed by atoms with Crippen molar-refractivity contribution in [2.75, 3.05) is 6.61 Å². The lowest BCUT2D eigenvalue weighted by Crippen LogP contribution is -2.80. The fraction of sp³-hybridized carbons (Fsp3) is 0.769. The average molecular weight is 449 g/mol. The maximum absolute atomic E-state index is 18.0. The summed E-state index contributed by atoms with van der Waals surface area (Å²) in [6.07, 6.45) is 5.55. The summed E-state index contributed by atoms with van der Waals surface area (Å²) >= 11 is 0. The first-order valence-electron chi connectivity index (χ1n) is 11.5. The number of aliphatic hydroxyl groups is 3. The number of hydrogen-bond acceptors (Lipinski definition) is 5. The minimum atomic E-state index is -2.16. The number of hydrogen-bond donors (Lipinski definition) is 3. The Bertz CT molecular complexity index is 981. The van der Waals surface area contributed by atoms with Crippen molar-refractivity contribution in [2.24, 2.45) is 27.1 Å². The van der Waals surface area contributed by atoms with Crippen molar-refractivity contribution in [3.05, 3.63) is 23.8 Å². The molecule has 0 spiro atoms. The summed E-state index contributed by atoms with van der Waals surface area (Å²) in [6, 6.07) is 0. The summed E-state index contributed by atoms with van der Waals surface area (Å²) < 4.78 is 18.0. The Morgan fingerprint density at radius 2 is 1.59 bits per heavy atom. The topological polar surface area (TPSA) is 94.8 Å². The van der Waals surface area contributed by atoms with Gasteiger partial charge in [-0.3, -0.25) is 9.59 Å². The van der Waals surface area contributed by atoms with Crippen molar-refractivity contribution >= 4 is 11.6 Å². The van der Waals surface area contributed by atoms with E-state index in [0.717, 1.165) is 0 Å². The Balaban J connectivity index is 2.07. The molecule has 178 valence electrons. The van der Waals surface area contributed by atoms with Crippen LogP contribution >= 0.6 is 0 Å². The first-order chi connectivity index (χ1) is 14.4. The number of halogens is 1. The Labute approximate surface area is 189 Å². The predicted octanol–water partition coefficient (Wildman–Crippen LogP) is 3.46. The fourth-order valence-electron chi connectivity index (χ4n) is 9.31. The van der Waals surface area contributed by atoms with E-state index >= 15 is 4.39 Å². The van der Waals surface area contributed by atoms with Gasteiger partial charge in [0.15, 0.2) is 17.2 Å². The van der Waals surface area contributed by atoms with Crippen LogP contribution in [0, 0.1) is 27.1 Å². The zero-order valence-electron chi connectivity index (χ0n) is 20.3. The van der Waals surface area contributed by atoms with E-state index in [1.165, 1.54) is 13.0 Å². The molecule has 0 saturated heterocycles.